The Morgan fingerprint density at radius 3 is 2.79 bits per heavy atom. The summed E-state index contributed by atoms with van der Waals surface area (Å²) in [6, 6.07) is 5.12. The molecule has 3 nitrogen and oxygen atoms in total. The van der Waals surface area contributed by atoms with Gasteiger partial charge in [-0.3, -0.25) is 0 Å². The second kappa shape index (κ2) is 4.26. The molecule has 2 fully saturated rings. The van der Waals surface area contributed by atoms with Gasteiger partial charge in [-0.25, -0.2) is 4.79 Å². The van der Waals surface area contributed by atoms with E-state index in [1.165, 1.54) is 19.3 Å². The van der Waals surface area contributed by atoms with Crippen LogP contribution in [0.25, 0.3) is 0 Å². The van der Waals surface area contributed by atoms with Crippen LogP contribution in [-0.2, 0) is 0 Å². The number of ether oxygens (including phenoxy) is 1. The summed E-state index contributed by atoms with van der Waals surface area (Å²) in [5.74, 6) is 1.27. The van der Waals surface area contributed by atoms with Gasteiger partial charge in [0, 0.05) is 0 Å². The van der Waals surface area contributed by atoms with Gasteiger partial charge in [-0.05, 0) is 69.1 Å². The second-order valence-electron chi connectivity index (χ2n) is 6.28. The van der Waals surface area contributed by atoms with E-state index in [0.717, 1.165) is 23.7 Å². The fraction of sp³-hybridized carbons (Fsp3) is 0.562. The van der Waals surface area contributed by atoms with Gasteiger partial charge in [0.25, 0.3) is 0 Å². The van der Waals surface area contributed by atoms with Gasteiger partial charge in [0.05, 0.1) is 5.56 Å². The number of hydrogen-bond donors (Lipinski definition) is 1. The van der Waals surface area contributed by atoms with E-state index in [0.29, 0.717) is 11.5 Å². The van der Waals surface area contributed by atoms with Gasteiger partial charge in [0.15, 0.2) is 0 Å². The molecule has 1 N–H and O–H groups in total. The maximum absolute atomic E-state index is 11.1. The van der Waals surface area contributed by atoms with Crippen LogP contribution in [0.15, 0.2) is 18.2 Å². The van der Waals surface area contributed by atoms with Crippen molar-refractivity contribution >= 4 is 5.97 Å². The number of benzene rings is 1. The van der Waals surface area contributed by atoms with E-state index in [2.05, 4.69) is 6.92 Å². The molecule has 0 amide bonds. The van der Waals surface area contributed by atoms with Crippen molar-refractivity contribution in [3.05, 3.63) is 29.3 Å². The third-order valence-corrected chi connectivity index (χ3v) is 4.88. The zero-order valence-electron chi connectivity index (χ0n) is 11.5. The largest absolute Gasteiger partial charge is 0.487 e. The lowest BCUT2D eigenvalue weighted by molar-refractivity contribution is 0.0304. The summed E-state index contributed by atoms with van der Waals surface area (Å²) in [6.07, 6.45) is 4.96. The molecule has 0 aromatic heterocycles. The Hall–Kier alpha value is -1.51. The lowest BCUT2D eigenvalue weighted by atomic mass is 9.85. The van der Waals surface area contributed by atoms with Crippen LogP contribution in [0.1, 0.15) is 48.5 Å². The maximum Gasteiger partial charge on any atom is 0.335 e. The van der Waals surface area contributed by atoms with Gasteiger partial charge in [-0.15, -0.1) is 0 Å². The molecule has 0 heterocycles. The molecular formula is C16H20O3. The first kappa shape index (κ1) is 12.5. The molecule has 102 valence electrons. The quantitative estimate of drug-likeness (QED) is 0.902. The molecule has 3 heteroatoms. The van der Waals surface area contributed by atoms with Crippen molar-refractivity contribution in [1.82, 2.24) is 0 Å². The third kappa shape index (κ3) is 2.11. The van der Waals surface area contributed by atoms with Crippen molar-refractivity contribution < 1.29 is 14.6 Å². The standard InChI is InChI=1S/C16H20O3/c1-10-3-5-12(15(17)18)8-14(10)19-16(2)9-11-4-6-13(16)7-11/h3,5,8,11,13H,4,6-7,9H2,1-2H3,(H,17,18). The van der Waals surface area contributed by atoms with E-state index < -0.39 is 5.97 Å². The van der Waals surface area contributed by atoms with E-state index in [4.69, 9.17) is 9.84 Å². The zero-order chi connectivity index (χ0) is 13.6. The fourth-order valence-electron chi connectivity index (χ4n) is 3.77. The smallest absolute Gasteiger partial charge is 0.335 e. The normalized spacial score (nSPS) is 32.5. The summed E-state index contributed by atoms with van der Waals surface area (Å²) >= 11 is 0. The van der Waals surface area contributed by atoms with Crippen molar-refractivity contribution in [2.75, 3.05) is 0 Å². The number of aromatic carboxylic acids is 1. The van der Waals surface area contributed by atoms with Crippen LogP contribution in [0.4, 0.5) is 0 Å². The molecule has 19 heavy (non-hydrogen) atoms. The van der Waals surface area contributed by atoms with Crippen LogP contribution in [0.3, 0.4) is 0 Å². The highest BCUT2D eigenvalue weighted by Crippen LogP contribution is 2.52. The number of carbonyl (C=O) groups is 1. The van der Waals surface area contributed by atoms with Crippen LogP contribution in [0, 0.1) is 18.8 Å². The summed E-state index contributed by atoms with van der Waals surface area (Å²) in [5, 5.41) is 9.07. The molecule has 0 saturated heterocycles. The van der Waals surface area contributed by atoms with E-state index in [1.54, 1.807) is 12.1 Å². The van der Waals surface area contributed by atoms with Crippen molar-refractivity contribution in [2.24, 2.45) is 11.8 Å². The molecule has 1 aromatic carbocycles. The van der Waals surface area contributed by atoms with Crippen LogP contribution < -0.4 is 4.74 Å². The molecular weight excluding hydrogens is 240 g/mol. The molecule has 2 aliphatic carbocycles. The van der Waals surface area contributed by atoms with Crippen molar-refractivity contribution in [3.8, 4) is 5.75 Å². The highest BCUT2D eigenvalue weighted by atomic mass is 16.5. The van der Waals surface area contributed by atoms with Crippen molar-refractivity contribution in [1.29, 1.82) is 0 Å². The Morgan fingerprint density at radius 2 is 2.21 bits per heavy atom. The average Bonchev–Trinajstić information content (AvgIpc) is 2.91. The zero-order valence-corrected chi connectivity index (χ0v) is 11.5. The molecule has 0 spiro atoms. The van der Waals surface area contributed by atoms with Crippen molar-refractivity contribution in [2.45, 2.75) is 45.1 Å². The molecule has 2 saturated carbocycles. The summed E-state index contributed by atoms with van der Waals surface area (Å²) in [4.78, 5) is 11.1. The Balaban J connectivity index is 1.87. The minimum atomic E-state index is -0.900. The fourth-order valence-corrected chi connectivity index (χ4v) is 3.77. The van der Waals surface area contributed by atoms with Gasteiger partial charge in [-0.2, -0.15) is 0 Å². The van der Waals surface area contributed by atoms with Crippen LogP contribution in [-0.4, -0.2) is 16.7 Å². The first-order chi connectivity index (χ1) is 8.98. The first-order valence-corrected chi connectivity index (χ1v) is 7.01. The predicted molar refractivity (Wildman–Crippen MR) is 72.6 cm³/mol. The molecule has 1 aromatic rings. The average molecular weight is 260 g/mol. The summed E-state index contributed by atoms with van der Waals surface area (Å²) in [6.45, 7) is 4.15. The van der Waals surface area contributed by atoms with Gasteiger partial charge in [0.2, 0.25) is 0 Å². The number of rotatable bonds is 3. The molecule has 2 aliphatic rings. The van der Waals surface area contributed by atoms with E-state index in [-0.39, 0.29) is 5.60 Å². The molecule has 2 bridgehead atoms. The Bertz CT molecular complexity index is 523. The van der Waals surface area contributed by atoms with Gasteiger partial charge >= 0.3 is 5.97 Å². The second-order valence-corrected chi connectivity index (χ2v) is 6.28. The number of carboxylic acids is 1. The van der Waals surface area contributed by atoms with E-state index in [1.807, 2.05) is 13.0 Å². The highest BCUT2D eigenvalue weighted by molar-refractivity contribution is 5.88. The number of fused-ring (bicyclic) bond motifs is 2. The maximum atomic E-state index is 11.1. The van der Waals surface area contributed by atoms with Crippen molar-refractivity contribution in [3.63, 3.8) is 0 Å². The van der Waals surface area contributed by atoms with Crippen LogP contribution in [0.5, 0.6) is 5.75 Å². The molecule has 0 radical (unpaired) electrons. The minimum Gasteiger partial charge on any atom is -0.487 e. The highest BCUT2D eigenvalue weighted by Gasteiger charge is 2.49. The third-order valence-electron chi connectivity index (χ3n) is 4.88. The Kier molecular flexibility index (Phi) is 2.80. The van der Waals surface area contributed by atoms with Gasteiger partial charge in [0.1, 0.15) is 11.4 Å². The van der Waals surface area contributed by atoms with Crippen LogP contribution in [0.2, 0.25) is 0 Å². The Labute approximate surface area is 113 Å². The SMILES string of the molecule is Cc1ccc(C(=O)O)cc1OC1(C)CC2CCC1C2. The summed E-state index contributed by atoms with van der Waals surface area (Å²) in [5.41, 5.74) is 1.20. The molecule has 3 unspecified atom stereocenters. The number of hydrogen-bond acceptors (Lipinski definition) is 2. The van der Waals surface area contributed by atoms with E-state index >= 15 is 0 Å². The number of aryl methyl sites for hydroxylation is 1. The summed E-state index contributed by atoms with van der Waals surface area (Å²) in [7, 11) is 0. The first-order valence-electron chi connectivity index (χ1n) is 7.01. The molecule has 3 rings (SSSR count). The minimum absolute atomic E-state index is 0.106. The predicted octanol–water partition coefficient (Wildman–Crippen LogP) is 3.65. The monoisotopic (exact) mass is 260 g/mol. The lowest BCUT2D eigenvalue weighted by Gasteiger charge is -2.35. The molecule has 3 atom stereocenters. The Morgan fingerprint density at radius 1 is 1.42 bits per heavy atom. The molecule has 0 aliphatic heterocycles. The summed E-state index contributed by atoms with van der Waals surface area (Å²) < 4.78 is 6.26. The number of carboxylic acid groups (broad SMARTS) is 1. The van der Waals surface area contributed by atoms with E-state index in [9.17, 15) is 4.79 Å². The van der Waals surface area contributed by atoms with Gasteiger partial charge in [-0.1, -0.05) is 6.07 Å². The topological polar surface area (TPSA) is 46.5 Å². The van der Waals surface area contributed by atoms with Crippen LogP contribution >= 0.6 is 0 Å². The van der Waals surface area contributed by atoms with Gasteiger partial charge < -0.3 is 9.84 Å². The lowest BCUT2D eigenvalue weighted by Crippen LogP contribution is -2.38.